The maximum absolute atomic E-state index is 12.2. The first-order chi connectivity index (χ1) is 14.6. The molecule has 30 heavy (non-hydrogen) atoms. The Morgan fingerprint density at radius 3 is 1.97 bits per heavy atom. The normalized spacial score (nSPS) is 14.3. The van der Waals surface area contributed by atoms with Gasteiger partial charge in [0.15, 0.2) is 0 Å². The molecule has 4 nitrogen and oxygen atoms in total. The Balaban J connectivity index is 2.00. The van der Waals surface area contributed by atoms with Gasteiger partial charge in [-0.25, -0.2) is 0 Å². The molecule has 0 spiro atoms. The summed E-state index contributed by atoms with van der Waals surface area (Å²) in [7, 11) is 4.02. The zero-order chi connectivity index (χ0) is 21.4. The highest BCUT2D eigenvalue weighted by molar-refractivity contribution is 5.43. The van der Waals surface area contributed by atoms with Crippen LogP contribution in [-0.4, -0.2) is 49.0 Å². The van der Waals surface area contributed by atoms with Crippen LogP contribution >= 0.6 is 0 Å². The molecule has 0 saturated heterocycles. The summed E-state index contributed by atoms with van der Waals surface area (Å²) < 4.78 is 5.82. The third-order valence-electron chi connectivity index (χ3n) is 5.44. The quantitative estimate of drug-likeness (QED) is 0.535. The molecule has 0 amide bonds. The molecule has 0 aromatic heterocycles. The van der Waals surface area contributed by atoms with E-state index in [-0.39, 0.29) is 12.5 Å². The second-order valence-electron chi connectivity index (χ2n) is 7.78. The molecule has 0 radical (unpaired) electrons. The fraction of sp³-hybridized carbons (Fsp3) is 0.308. The highest BCUT2D eigenvalue weighted by Crippen LogP contribution is 2.44. The molecular formula is C26H31NO3. The van der Waals surface area contributed by atoms with Crippen LogP contribution in [0.3, 0.4) is 0 Å². The molecule has 0 aliphatic rings. The maximum Gasteiger partial charge on any atom is 0.121 e. The first-order valence-corrected chi connectivity index (χ1v) is 10.4. The van der Waals surface area contributed by atoms with Crippen LogP contribution in [0, 0.1) is 0 Å². The molecule has 3 rings (SSSR count). The van der Waals surface area contributed by atoms with Crippen LogP contribution in [0.25, 0.3) is 0 Å². The number of hydrogen-bond acceptors (Lipinski definition) is 4. The minimum Gasteiger partial charge on any atom is -0.492 e. The van der Waals surface area contributed by atoms with Crippen molar-refractivity contribution in [3.8, 4) is 5.75 Å². The van der Waals surface area contributed by atoms with E-state index in [1.807, 2.05) is 99.0 Å². The van der Waals surface area contributed by atoms with E-state index < -0.39 is 5.60 Å². The summed E-state index contributed by atoms with van der Waals surface area (Å²) in [5.74, 6) is 0.473. The van der Waals surface area contributed by atoms with Gasteiger partial charge in [-0.05, 0) is 49.3 Å². The number of likely N-dealkylation sites (N-methyl/N-ethyl adjacent to an activating group) is 1. The smallest absolute Gasteiger partial charge is 0.121 e. The van der Waals surface area contributed by atoms with Crippen LogP contribution in [0.1, 0.15) is 29.0 Å². The van der Waals surface area contributed by atoms with Crippen molar-refractivity contribution in [3.63, 3.8) is 0 Å². The van der Waals surface area contributed by atoms with Gasteiger partial charge < -0.3 is 19.8 Å². The minimum absolute atomic E-state index is 0.0135. The van der Waals surface area contributed by atoms with Crippen LogP contribution in [0.4, 0.5) is 0 Å². The summed E-state index contributed by atoms with van der Waals surface area (Å²) in [6.45, 7) is 1.43. The lowest BCUT2D eigenvalue weighted by Crippen LogP contribution is -2.35. The lowest BCUT2D eigenvalue weighted by atomic mass is 9.71. The molecule has 0 aliphatic heterocycles. The number of benzene rings is 3. The number of aliphatic hydroxyl groups excluding tert-OH is 1. The molecule has 0 saturated carbocycles. The summed E-state index contributed by atoms with van der Waals surface area (Å²) in [5, 5.41) is 22.0. The summed E-state index contributed by atoms with van der Waals surface area (Å²) in [5.41, 5.74) is 1.28. The average molecular weight is 406 g/mol. The molecule has 4 heteroatoms. The van der Waals surface area contributed by atoms with E-state index >= 15 is 0 Å². The van der Waals surface area contributed by atoms with Crippen molar-refractivity contribution in [3.05, 3.63) is 102 Å². The van der Waals surface area contributed by atoms with E-state index in [4.69, 9.17) is 4.74 Å². The van der Waals surface area contributed by atoms with Crippen molar-refractivity contribution < 1.29 is 14.9 Å². The van der Waals surface area contributed by atoms with Gasteiger partial charge in [0.25, 0.3) is 0 Å². The van der Waals surface area contributed by atoms with Crippen LogP contribution < -0.4 is 4.74 Å². The number of nitrogens with zero attached hydrogens (tertiary/aromatic N) is 1. The Hall–Kier alpha value is -2.66. The van der Waals surface area contributed by atoms with E-state index in [0.29, 0.717) is 13.0 Å². The van der Waals surface area contributed by atoms with Gasteiger partial charge in [-0.3, -0.25) is 0 Å². The molecule has 2 atom stereocenters. The lowest BCUT2D eigenvalue weighted by Gasteiger charge is -2.38. The maximum atomic E-state index is 12.2. The van der Waals surface area contributed by atoms with E-state index in [2.05, 4.69) is 4.90 Å². The molecule has 3 aromatic rings. The topological polar surface area (TPSA) is 52.9 Å². The number of ether oxygens (including phenoxy) is 1. The second-order valence-corrected chi connectivity index (χ2v) is 7.78. The van der Waals surface area contributed by atoms with E-state index in [1.165, 1.54) is 0 Å². The fourth-order valence-electron chi connectivity index (χ4n) is 3.84. The molecule has 0 heterocycles. The van der Waals surface area contributed by atoms with Crippen molar-refractivity contribution in [1.29, 1.82) is 0 Å². The van der Waals surface area contributed by atoms with Gasteiger partial charge in [0.2, 0.25) is 0 Å². The van der Waals surface area contributed by atoms with Crippen molar-refractivity contribution in [1.82, 2.24) is 4.90 Å². The van der Waals surface area contributed by atoms with E-state index in [1.54, 1.807) is 0 Å². The fourth-order valence-corrected chi connectivity index (χ4v) is 3.84. The van der Waals surface area contributed by atoms with Crippen molar-refractivity contribution in [2.24, 2.45) is 0 Å². The van der Waals surface area contributed by atoms with Gasteiger partial charge in [0.1, 0.15) is 18.0 Å². The van der Waals surface area contributed by atoms with Crippen LogP contribution in [0.2, 0.25) is 0 Å². The first-order valence-electron chi connectivity index (χ1n) is 10.4. The van der Waals surface area contributed by atoms with Gasteiger partial charge in [-0.15, -0.1) is 0 Å². The van der Waals surface area contributed by atoms with Crippen molar-refractivity contribution >= 4 is 0 Å². The third-order valence-corrected chi connectivity index (χ3v) is 5.44. The van der Waals surface area contributed by atoms with Gasteiger partial charge in [0, 0.05) is 19.1 Å². The predicted molar refractivity (Wildman–Crippen MR) is 121 cm³/mol. The molecule has 0 unspecified atom stereocenters. The molecule has 0 bridgehead atoms. The largest absolute Gasteiger partial charge is 0.492 e. The highest BCUT2D eigenvalue weighted by Gasteiger charge is 2.40. The highest BCUT2D eigenvalue weighted by atomic mass is 16.5. The van der Waals surface area contributed by atoms with Gasteiger partial charge in [-0.2, -0.15) is 0 Å². The van der Waals surface area contributed by atoms with Crippen LogP contribution in [0.15, 0.2) is 84.9 Å². The summed E-state index contributed by atoms with van der Waals surface area (Å²) in [6.07, 6.45) is 0.441. The molecule has 2 N–H and O–H groups in total. The standard InChI is InChI=1S/C26H31NO3/c1-27(2)18-20-30-24-15-13-23(14-16-24)26(29,22-11-7-4-8-12-22)25(17-19-28)21-9-5-3-6-10-21/h3-16,25,28-29H,17-20H2,1-2H3/t25-,26+/m0/s1. The van der Waals surface area contributed by atoms with Crippen molar-refractivity contribution in [2.75, 3.05) is 33.9 Å². The first kappa shape index (κ1) is 22.0. The Labute approximate surface area is 179 Å². The molecule has 0 fully saturated rings. The van der Waals surface area contributed by atoms with E-state index in [9.17, 15) is 10.2 Å². The van der Waals surface area contributed by atoms with Gasteiger partial charge >= 0.3 is 0 Å². The lowest BCUT2D eigenvalue weighted by molar-refractivity contribution is 0.0393. The Kier molecular flexibility index (Phi) is 7.63. The predicted octanol–water partition coefficient (Wildman–Crippen LogP) is 4.03. The Bertz CT molecular complexity index is 881. The third kappa shape index (κ3) is 5.08. The van der Waals surface area contributed by atoms with Gasteiger partial charge in [-0.1, -0.05) is 72.8 Å². The second kappa shape index (κ2) is 10.4. The van der Waals surface area contributed by atoms with Gasteiger partial charge in [0.05, 0.1) is 0 Å². The number of aliphatic hydroxyl groups is 2. The SMILES string of the molecule is CN(C)CCOc1ccc([C@](O)(c2ccccc2)[C@@H](CCO)c2ccccc2)cc1. The molecule has 158 valence electrons. The Morgan fingerprint density at radius 1 is 0.833 bits per heavy atom. The average Bonchev–Trinajstić information content (AvgIpc) is 2.78. The molecule has 0 aliphatic carbocycles. The zero-order valence-corrected chi connectivity index (χ0v) is 17.7. The molecular weight excluding hydrogens is 374 g/mol. The summed E-state index contributed by atoms with van der Waals surface area (Å²) >= 11 is 0. The van der Waals surface area contributed by atoms with Crippen molar-refractivity contribution in [2.45, 2.75) is 17.9 Å². The summed E-state index contributed by atoms with van der Waals surface area (Å²) in [4.78, 5) is 2.07. The van der Waals surface area contributed by atoms with Crippen LogP contribution in [-0.2, 0) is 5.60 Å². The number of rotatable bonds is 10. The summed E-state index contributed by atoms with van der Waals surface area (Å²) in [6, 6.07) is 27.2. The van der Waals surface area contributed by atoms with Crippen LogP contribution in [0.5, 0.6) is 5.75 Å². The zero-order valence-electron chi connectivity index (χ0n) is 17.7. The Morgan fingerprint density at radius 2 is 1.40 bits per heavy atom. The molecule has 3 aromatic carbocycles. The monoisotopic (exact) mass is 405 g/mol. The number of hydrogen-bond donors (Lipinski definition) is 2. The van der Waals surface area contributed by atoms with E-state index in [0.717, 1.165) is 29.0 Å². The minimum atomic E-state index is -1.28.